The van der Waals surface area contributed by atoms with Gasteiger partial charge in [-0.05, 0) is 6.07 Å². The van der Waals surface area contributed by atoms with Crippen LogP contribution >= 0.6 is 22.7 Å². The predicted molar refractivity (Wildman–Crippen MR) is 104 cm³/mol. The highest BCUT2D eigenvalue weighted by atomic mass is 32.2. The molecule has 1 unspecified atom stereocenters. The van der Waals surface area contributed by atoms with Crippen LogP contribution in [0.15, 0.2) is 22.5 Å². The highest BCUT2D eigenvalue weighted by Crippen LogP contribution is 2.45. The van der Waals surface area contributed by atoms with Gasteiger partial charge in [0, 0.05) is 18.2 Å². The summed E-state index contributed by atoms with van der Waals surface area (Å²) in [6, 6.07) is 3.03. The van der Waals surface area contributed by atoms with E-state index < -0.39 is 22.7 Å². The molecule has 0 spiro atoms. The second kappa shape index (κ2) is 6.65. The van der Waals surface area contributed by atoms with Gasteiger partial charge in [0.2, 0.25) is 0 Å². The second-order valence-electron chi connectivity index (χ2n) is 5.86. The van der Waals surface area contributed by atoms with Crippen LogP contribution in [0.5, 0.6) is 0 Å². The number of imidazole rings is 1. The normalized spacial score (nSPS) is 13.3. The number of nitriles is 1. The van der Waals surface area contributed by atoms with Crippen LogP contribution in [0.1, 0.15) is 18.2 Å². The number of thiophene rings is 2. The van der Waals surface area contributed by atoms with Crippen molar-refractivity contribution >= 4 is 53.9 Å². The SMILES string of the molecule is CCS(=O)c1c(-c2nc3cc(C(F)(F)F)ncc3n2C)sc2c(C#N)csc12. The summed E-state index contributed by atoms with van der Waals surface area (Å²) in [6.45, 7) is 1.79. The molecule has 4 heterocycles. The lowest BCUT2D eigenvalue weighted by Crippen LogP contribution is -2.07. The van der Waals surface area contributed by atoms with Crippen LogP contribution in [0.2, 0.25) is 0 Å². The predicted octanol–water partition coefficient (Wildman–Crippen LogP) is 4.93. The quantitative estimate of drug-likeness (QED) is 0.453. The molecule has 0 amide bonds. The van der Waals surface area contributed by atoms with Gasteiger partial charge in [-0.1, -0.05) is 6.92 Å². The first kappa shape index (κ1) is 19.0. The largest absolute Gasteiger partial charge is 0.433 e. The van der Waals surface area contributed by atoms with Gasteiger partial charge >= 0.3 is 6.18 Å². The Balaban J connectivity index is 2.01. The molecule has 0 N–H and O–H groups in total. The average Bonchev–Trinajstić information content (AvgIpc) is 3.31. The van der Waals surface area contributed by atoms with Crippen LogP contribution in [0.3, 0.4) is 0 Å². The number of halogens is 3. The maximum atomic E-state index is 13.0. The van der Waals surface area contributed by atoms with Gasteiger partial charge in [0.15, 0.2) is 5.82 Å². The fourth-order valence-electron chi connectivity index (χ4n) is 2.88. The average molecular weight is 440 g/mol. The molecule has 28 heavy (non-hydrogen) atoms. The van der Waals surface area contributed by atoms with E-state index in [1.807, 2.05) is 0 Å². The third kappa shape index (κ3) is 2.83. The van der Waals surface area contributed by atoms with Crippen molar-refractivity contribution in [3.05, 3.63) is 28.9 Å². The molecule has 4 aromatic heterocycles. The van der Waals surface area contributed by atoms with Crippen molar-refractivity contribution < 1.29 is 17.4 Å². The Labute approximate surface area is 167 Å². The van der Waals surface area contributed by atoms with Gasteiger partial charge < -0.3 is 4.57 Å². The van der Waals surface area contributed by atoms with Gasteiger partial charge in [0.1, 0.15) is 11.8 Å². The number of alkyl halides is 3. The van der Waals surface area contributed by atoms with Gasteiger partial charge in [0.05, 0.1) is 52.8 Å². The van der Waals surface area contributed by atoms with Crippen molar-refractivity contribution in [3.63, 3.8) is 0 Å². The summed E-state index contributed by atoms with van der Waals surface area (Å²) in [6.07, 6.45) is -3.42. The molecular weight excluding hydrogens is 429 g/mol. The number of hydrogen-bond donors (Lipinski definition) is 0. The lowest BCUT2D eigenvalue weighted by molar-refractivity contribution is -0.141. The van der Waals surface area contributed by atoms with E-state index in [1.54, 1.807) is 23.9 Å². The molecule has 0 saturated carbocycles. The zero-order chi connectivity index (χ0) is 20.2. The van der Waals surface area contributed by atoms with Crippen molar-refractivity contribution in [3.8, 4) is 16.8 Å². The van der Waals surface area contributed by atoms with Crippen molar-refractivity contribution in [2.45, 2.75) is 18.0 Å². The molecule has 0 radical (unpaired) electrons. The second-order valence-corrected chi connectivity index (χ2v) is 9.44. The minimum Gasteiger partial charge on any atom is -0.325 e. The molecule has 0 bridgehead atoms. The fourth-order valence-corrected chi connectivity index (χ4v) is 6.99. The van der Waals surface area contributed by atoms with Crippen LogP contribution < -0.4 is 0 Å². The number of hydrogen-bond acceptors (Lipinski definition) is 6. The summed E-state index contributed by atoms with van der Waals surface area (Å²) in [4.78, 5) is 9.06. The van der Waals surface area contributed by atoms with E-state index in [4.69, 9.17) is 0 Å². The summed E-state index contributed by atoms with van der Waals surface area (Å²) < 4.78 is 54.8. The Morgan fingerprint density at radius 2 is 2.11 bits per heavy atom. The fraction of sp³-hybridized carbons (Fsp3) is 0.235. The summed E-state index contributed by atoms with van der Waals surface area (Å²) >= 11 is 2.63. The molecule has 0 aromatic carbocycles. The van der Waals surface area contributed by atoms with Crippen LogP contribution in [-0.2, 0) is 24.0 Å². The third-order valence-corrected chi connectivity index (χ3v) is 8.23. The summed E-state index contributed by atoms with van der Waals surface area (Å²) in [5.74, 6) is 0.785. The molecule has 11 heteroatoms. The zero-order valence-corrected chi connectivity index (χ0v) is 16.9. The van der Waals surface area contributed by atoms with Gasteiger partial charge in [-0.2, -0.15) is 18.4 Å². The Kier molecular flexibility index (Phi) is 4.52. The topological polar surface area (TPSA) is 71.6 Å². The Morgan fingerprint density at radius 1 is 1.36 bits per heavy atom. The van der Waals surface area contributed by atoms with Crippen LogP contribution in [-0.4, -0.2) is 24.5 Å². The van der Waals surface area contributed by atoms with Crippen LogP contribution in [0.25, 0.3) is 31.1 Å². The van der Waals surface area contributed by atoms with Crippen molar-refractivity contribution in [2.75, 3.05) is 5.75 Å². The molecule has 0 aliphatic rings. The van der Waals surface area contributed by atoms with Gasteiger partial charge in [-0.3, -0.25) is 4.21 Å². The van der Waals surface area contributed by atoms with E-state index in [1.165, 1.54) is 22.7 Å². The molecule has 1 atom stereocenters. The first-order valence-corrected chi connectivity index (χ1v) is 11.0. The van der Waals surface area contributed by atoms with Gasteiger partial charge in [-0.25, -0.2) is 9.97 Å². The number of pyridine rings is 1. The highest BCUT2D eigenvalue weighted by molar-refractivity contribution is 7.85. The van der Waals surface area contributed by atoms with Crippen LogP contribution in [0.4, 0.5) is 13.2 Å². The lowest BCUT2D eigenvalue weighted by atomic mass is 10.3. The van der Waals surface area contributed by atoms with Gasteiger partial charge in [-0.15, -0.1) is 22.7 Å². The molecular formula is C17H11F3N4OS3. The van der Waals surface area contributed by atoms with Gasteiger partial charge in [0.25, 0.3) is 0 Å². The zero-order valence-electron chi connectivity index (χ0n) is 14.5. The number of fused-ring (bicyclic) bond motifs is 2. The standard InChI is InChI=1S/C17H11F3N4OS3/c1-3-28(25)15-13-12(8(5-21)7-26-13)27-14(15)16-23-9-4-11(17(18,19)20)22-6-10(9)24(16)2/h4,6-7H,3H2,1-2H3. The number of aromatic nitrogens is 3. The molecule has 5 nitrogen and oxygen atoms in total. The summed E-state index contributed by atoms with van der Waals surface area (Å²) in [5.41, 5.74) is 0.0742. The number of nitrogens with zero attached hydrogens (tertiary/aromatic N) is 4. The van der Waals surface area contributed by atoms with Crippen molar-refractivity contribution in [1.82, 2.24) is 14.5 Å². The molecule has 0 saturated heterocycles. The van der Waals surface area contributed by atoms with Crippen LogP contribution in [0, 0.1) is 11.3 Å². The van der Waals surface area contributed by atoms with E-state index in [2.05, 4.69) is 16.0 Å². The van der Waals surface area contributed by atoms with E-state index in [0.717, 1.165) is 21.7 Å². The molecule has 144 valence electrons. The number of rotatable bonds is 3. The first-order valence-electron chi connectivity index (χ1n) is 7.98. The summed E-state index contributed by atoms with van der Waals surface area (Å²) in [5, 5.41) is 11.0. The third-order valence-electron chi connectivity index (χ3n) is 4.23. The molecule has 0 aliphatic carbocycles. The van der Waals surface area contributed by atoms with Crippen molar-refractivity contribution in [1.29, 1.82) is 5.26 Å². The molecule has 4 aromatic rings. The highest BCUT2D eigenvalue weighted by Gasteiger charge is 2.33. The smallest absolute Gasteiger partial charge is 0.325 e. The van der Waals surface area contributed by atoms with E-state index in [0.29, 0.717) is 32.4 Å². The Morgan fingerprint density at radius 3 is 2.75 bits per heavy atom. The van der Waals surface area contributed by atoms with Crippen molar-refractivity contribution in [2.24, 2.45) is 7.05 Å². The van der Waals surface area contributed by atoms with E-state index >= 15 is 0 Å². The Hall–Kier alpha value is -2.29. The van der Waals surface area contributed by atoms with E-state index in [-0.39, 0.29) is 5.52 Å². The Bertz CT molecular complexity index is 1290. The molecule has 0 aliphatic heterocycles. The maximum absolute atomic E-state index is 13.0. The molecule has 0 fully saturated rings. The minimum atomic E-state index is -4.56. The minimum absolute atomic E-state index is 0.158. The molecule has 4 rings (SSSR count). The maximum Gasteiger partial charge on any atom is 0.433 e. The first-order chi connectivity index (χ1) is 13.3. The number of aryl methyl sites for hydroxylation is 1. The monoisotopic (exact) mass is 440 g/mol. The van der Waals surface area contributed by atoms with E-state index in [9.17, 15) is 22.6 Å². The lowest BCUT2D eigenvalue weighted by Gasteiger charge is -2.05. The summed E-state index contributed by atoms with van der Waals surface area (Å²) in [7, 11) is 0.357.